The number of hydrogen-bond acceptors (Lipinski definition) is 4. The molecule has 0 amide bonds. The molecule has 0 heterocycles. The summed E-state index contributed by atoms with van der Waals surface area (Å²) in [5, 5.41) is 0. The van der Waals surface area contributed by atoms with E-state index in [0.717, 1.165) is 0 Å². The minimum Gasteiger partial charge on any atom is -0.501 e. The zero-order valence-corrected chi connectivity index (χ0v) is 7.42. The Hall–Kier alpha value is -1.32. The predicted molar refractivity (Wildman–Crippen MR) is 42.4 cm³/mol. The number of carbonyl (C=O) groups excluding carboxylic acids is 2. The molecule has 0 radical (unpaired) electrons. The van der Waals surface area contributed by atoms with E-state index >= 15 is 0 Å². The number of hydrogen-bond donors (Lipinski definition) is 0. The van der Waals surface area contributed by atoms with E-state index in [-0.39, 0.29) is 12.2 Å². The molecule has 0 saturated heterocycles. The third kappa shape index (κ3) is 4.49. The van der Waals surface area contributed by atoms with Crippen LogP contribution < -0.4 is 0 Å². The Kier molecular flexibility index (Phi) is 4.76. The summed E-state index contributed by atoms with van der Waals surface area (Å²) in [5.74, 6) is -0.384. The zero-order valence-electron chi connectivity index (χ0n) is 7.42. The quantitative estimate of drug-likeness (QED) is 0.270. The molecule has 0 aliphatic carbocycles. The van der Waals surface area contributed by atoms with Gasteiger partial charge < -0.3 is 9.47 Å². The van der Waals surface area contributed by atoms with E-state index in [0.29, 0.717) is 5.76 Å². The van der Waals surface area contributed by atoms with E-state index in [2.05, 4.69) is 4.74 Å². The van der Waals surface area contributed by atoms with E-state index in [1.165, 1.54) is 20.3 Å². The number of methoxy groups -OCH3 is 2. The molecular formula is C8H12O4. The van der Waals surface area contributed by atoms with Crippen molar-refractivity contribution in [2.75, 3.05) is 14.2 Å². The number of allylic oxidation sites excluding steroid dienone is 2. The number of esters is 1. The van der Waals surface area contributed by atoms with Crippen molar-refractivity contribution in [3.05, 3.63) is 11.8 Å². The maximum Gasteiger partial charge on any atom is 0.313 e. The fraction of sp³-hybridized carbons (Fsp3) is 0.500. The van der Waals surface area contributed by atoms with Crippen molar-refractivity contribution in [1.29, 1.82) is 0 Å². The van der Waals surface area contributed by atoms with Crippen molar-refractivity contribution < 1.29 is 19.1 Å². The first-order chi connectivity index (χ1) is 5.60. The van der Waals surface area contributed by atoms with Crippen molar-refractivity contribution in [3.63, 3.8) is 0 Å². The van der Waals surface area contributed by atoms with E-state index < -0.39 is 5.97 Å². The van der Waals surface area contributed by atoms with Crippen molar-refractivity contribution in [2.45, 2.75) is 13.3 Å². The monoisotopic (exact) mass is 172 g/mol. The maximum atomic E-state index is 10.9. The third-order valence-electron chi connectivity index (χ3n) is 1.23. The highest BCUT2D eigenvalue weighted by Gasteiger charge is 2.06. The molecule has 0 bridgehead atoms. The molecule has 4 nitrogen and oxygen atoms in total. The average molecular weight is 172 g/mol. The summed E-state index contributed by atoms with van der Waals surface area (Å²) in [5.41, 5.74) is 0. The van der Waals surface area contributed by atoms with Crippen molar-refractivity contribution in [3.8, 4) is 0 Å². The summed E-state index contributed by atoms with van der Waals surface area (Å²) in [7, 11) is 2.69. The van der Waals surface area contributed by atoms with Crippen LogP contribution in [0.5, 0.6) is 0 Å². The minimum absolute atomic E-state index is 0.239. The Morgan fingerprint density at radius 1 is 1.25 bits per heavy atom. The van der Waals surface area contributed by atoms with Gasteiger partial charge in [0.25, 0.3) is 0 Å². The van der Waals surface area contributed by atoms with Gasteiger partial charge in [-0.3, -0.25) is 9.59 Å². The molecule has 0 aliphatic rings. The van der Waals surface area contributed by atoms with Gasteiger partial charge in [0.05, 0.1) is 20.0 Å². The number of rotatable bonds is 4. The highest BCUT2D eigenvalue weighted by molar-refractivity contribution is 6.02. The van der Waals surface area contributed by atoms with Crippen LogP contribution in [0, 0.1) is 0 Å². The van der Waals surface area contributed by atoms with Gasteiger partial charge in [0.2, 0.25) is 0 Å². The molecule has 0 spiro atoms. The van der Waals surface area contributed by atoms with Crippen LogP contribution in [-0.2, 0) is 19.1 Å². The Bertz CT molecular complexity index is 205. The second-order valence-electron chi connectivity index (χ2n) is 2.18. The lowest BCUT2D eigenvalue weighted by Gasteiger charge is -1.97. The molecule has 0 aromatic heterocycles. The van der Waals surface area contributed by atoms with Gasteiger partial charge in [0, 0.05) is 6.08 Å². The largest absolute Gasteiger partial charge is 0.501 e. The molecule has 0 aromatic carbocycles. The topological polar surface area (TPSA) is 52.6 Å². The molecular weight excluding hydrogens is 160 g/mol. The lowest BCUT2D eigenvalue weighted by molar-refractivity contribution is -0.142. The van der Waals surface area contributed by atoms with Crippen LogP contribution in [0.1, 0.15) is 13.3 Å². The van der Waals surface area contributed by atoms with Crippen LogP contribution >= 0.6 is 0 Å². The lowest BCUT2D eigenvalue weighted by atomic mass is 10.2. The lowest BCUT2D eigenvalue weighted by Crippen LogP contribution is -2.07. The van der Waals surface area contributed by atoms with Gasteiger partial charge in [-0.25, -0.2) is 0 Å². The highest BCUT2D eigenvalue weighted by atomic mass is 16.5. The molecule has 0 rings (SSSR count). The van der Waals surface area contributed by atoms with E-state index in [1.54, 1.807) is 6.92 Å². The number of ketones is 1. The average Bonchev–Trinajstić information content (AvgIpc) is 2.03. The minimum atomic E-state index is -0.542. The summed E-state index contributed by atoms with van der Waals surface area (Å²) >= 11 is 0. The predicted octanol–water partition coefficient (Wildman–Crippen LogP) is 0.669. The molecule has 0 atom stereocenters. The first kappa shape index (κ1) is 10.7. The Balaban J connectivity index is 3.98. The van der Waals surface area contributed by atoms with Gasteiger partial charge in [-0.1, -0.05) is 0 Å². The van der Waals surface area contributed by atoms with E-state index in [1.807, 2.05) is 0 Å². The maximum absolute atomic E-state index is 10.9. The molecule has 4 heteroatoms. The summed E-state index contributed by atoms with van der Waals surface area (Å²) in [6.45, 7) is 1.63. The highest BCUT2D eigenvalue weighted by Crippen LogP contribution is 1.96. The van der Waals surface area contributed by atoms with Crippen LogP contribution in [0.3, 0.4) is 0 Å². The molecule has 0 N–H and O–H groups in total. The molecule has 0 saturated carbocycles. The van der Waals surface area contributed by atoms with Gasteiger partial charge in [0.1, 0.15) is 6.42 Å². The SMILES string of the molecule is COC(=O)CC(=O)C=C(C)OC. The van der Waals surface area contributed by atoms with Crippen LogP contribution in [0.15, 0.2) is 11.8 Å². The van der Waals surface area contributed by atoms with Gasteiger partial charge in [-0.2, -0.15) is 0 Å². The second-order valence-corrected chi connectivity index (χ2v) is 2.18. The molecule has 0 aliphatic heterocycles. The van der Waals surface area contributed by atoms with E-state index in [4.69, 9.17) is 4.74 Å². The van der Waals surface area contributed by atoms with Gasteiger partial charge in [-0.05, 0) is 6.92 Å². The molecule has 0 aromatic rings. The second kappa shape index (κ2) is 5.35. The molecule has 0 unspecified atom stereocenters. The van der Waals surface area contributed by atoms with Gasteiger partial charge in [0.15, 0.2) is 5.78 Å². The summed E-state index contributed by atoms with van der Waals surface area (Å²) in [4.78, 5) is 21.5. The number of ether oxygens (including phenoxy) is 2. The van der Waals surface area contributed by atoms with Crippen LogP contribution in [-0.4, -0.2) is 26.0 Å². The normalized spacial score (nSPS) is 10.8. The summed E-state index contributed by atoms with van der Waals surface area (Å²) < 4.78 is 9.03. The van der Waals surface area contributed by atoms with Crippen molar-refractivity contribution >= 4 is 11.8 Å². The van der Waals surface area contributed by atoms with Crippen molar-refractivity contribution in [2.24, 2.45) is 0 Å². The zero-order chi connectivity index (χ0) is 9.56. The Labute approximate surface area is 71.2 Å². The Morgan fingerprint density at radius 3 is 2.25 bits per heavy atom. The molecule has 68 valence electrons. The first-order valence-corrected chi connectivity index (χ1v) is 3.42. The summed E-state index contributed by atoms with van der Waals surface area (Å²) in [6, 6.07) is 0. The fourth-order valence-corrected chi connectivity index (χ4v) is 0.551. The Morgan fingerprint density at radius 2 is 1.83 bits per heavy atom. The standard InChI is InChI=1S/C8H12O4/c1-6(11-2)4-7(9)5-8(10)12-3/h4H,5H2,1-3H3. The van der Waals surface area contributed by atoms with Crippen LogP contribution in [0.25, 0.3) is 0 Å². The van der Waals surface area contributed by atoms with Crippen LogP contribution in [0.4, 0.5) is 0 Å². The van der Waals surface area contributed by atoms with Crippen molar-refractivity contribution in [1.82, 2.24) is 0 Å². The smallest absolute Gasteiger partial charge is 0.313 e. The fourth-order valence-electron chi connectivity index (χ4n) is 0.551. The third-order valence-corrected chi connectivity index (χ3v) is 1.23. The summed E-state index contributed by atoms with van der Waals surface area (Å²) in [6.07, 6.45) is 1.02. The molecule has 12 heavy (non-hydrogen) atoms. The number of carbonyl (C=O) groups is 2. The first-order valence-electron chi connectivity index (χ1n) is 3.42. The van der Waals surface area contributed by atoms with Gasteiger partial charge in [-0.15, -0.1) is 0 Å². The van der Waals surface area contributed by atoms with Gasteiger partial charge >= 0.3 is 5.97 Å². The van der Waals surface area contributed by atoms with Crippen LogP contribution in [0.2, 0.25) is 0 Å². The van der Waals surface area contributed by atoms with E-state index in [9.17, 15) is 9.59 Å². The molecule has 0 fully saturated rings.